The first-order chi connectivity index (χ1) is 20.0. The number of unbranched alkanes of at least 4 members (excludes halogenated alkanes) is 9. The summed E-state index contributed by atoms with van der Waals surface area (Å²) in [6.07, 6.45) is 14.5. The molecule has 0 aromatic heterocycles. The molecule has 0 aliphatic carbocycles. The van der Waals surface area contributed by atoms with E-state index in [-0.39, 0.29) is 27.8 Å². The zero-order valence-corrected chi connectivity index (χ0v) is 33.0. The summed E-state index contributed by atoms with van der Waals surface area (Å²) in [5.74, 6) is -0.302. The van der Waals surface area contributed by atoms with Gasteiger partial charge >= 0.3 is 7.60 Å². The summed E-state index contributed by atoms with van der Waals surface area (Å²) >= 11 is 0. The highest BCUT2D eigenvalue weighted by molar-refractivity contribution is 7.54. The van der Waals surface area contributed by atoms with Crippen molar-refractivity contribution in [3.05, 3.63) is 28.8 Å². The minimum Gasteiger partial charge on any atom is -1.00 e. The molecule has 0 saturated carbocycles. The van der Waals surface area contributed by atoms with Gasteiger partial charge in [-0.2, -0.15) is 0 Å². The Morgan fingerprint density at radius 1 is 0.750 bits per heavy atom. The number of halogens is 1. The Bertz CT molecular complexity index is 927. The predicted octanol–water partition coefficient (Wildman–Crippen LogP) is 7.23. The third-order valence-corrected chi connectivity index (χ3v) is 10.7. The number of hydrogen-bond acceptors (Lipinski definition) is 5. The largest absolute Gasteiger partial charge is 1.00 e. The van der Waals surface area contributed by atoms with Crippen LogP contribution in [0, 0.1) is 0 Å². The number of phenolic OH excluding ortho intramolecular Hbond substituents is 1. The molecule has 0 aliphatic heterocycles. The Labute approximate surface area is 283 Å². The van der Waals surface area contributed by atoms with E-state index in [1.165, 1.54) is 70.8 Å². The molecule has 1 atom stereocenters. The maximum absolute atomic E-state index is 14.3. The van der Waals surface area contributed by atoms with Crippen LogP contribution in [0.4, 0.5) is 0 Å². The van der Waals surface area contributed by atoms with Crippen LogP contribution < -0.4 is 22.3 Å². The van der Waals surface area contributed by atoms with E-state index < -0.39 is 13.4 Å². The Morgan fingerprint density at radius 2 is 1.16 bits per heavy atom. The van der Waals surface area contributed by atoms with Crippen LogP contribution in [-0.4, -0.2) is 56.5 Å². The third kappa shape index (κ3) is 15.4. The van der Waals surface area contributed by atoms with Crippen LogP contribution in [0.3, 0.4) is 0 Å². The number of nitrogens with one attached hydrogen (secondary N) is 1. The van der Waals surface area contributed by atoms with Crippen molar-refractivity contribution in [2.24, 2.45) is 0 Å². The normalized spacial score (nSPS) is 13.6. The summed E-state index contributed by atoms with van der Waals surface area (Å²) in [6.45, 7) is 22.1. The summed E-state index contributed by atoms with van der Waals surface area (Å²) in [5.41, 5.74) is 1.95. The quantitative estimate of drug-likeness (QED) is 0.0758. The number of quaternary nitrogens is 1. The number of rotatable bonds is 22. The lowest BCUT2D eigenvalue weighted by atomic mass is 9.78. The molecule has 1 aromatic rings. The van der Waals surface area contributed by atoms with Crippen LogP contribution in [0.1, 0.15) is 155 Å². The first-order valence-corrected chi connectivity index (χ1v) is 19.0. The van der Waals surface area contributed by atoms with Gasteiger partial charge in [0.2, 0.25) is 0 Å². The van der Waals surface area contributed by atoms with Crippen molar-refractivity contribution < 1.29 is 40.2 Å². The van der Waals surface area contributed by atoms with E-state index in [9.17, 15) is 9.67 Å². The van der Waals surface area contributed by atoms with E-state index in [1.54, 1.807) is 0 Å². The average Bonchev–Trinajstić information content (AvgIpc) is 2.89. The second kappa shape index (κ2) is 20.7. The van der Waals surface area contributed by atoms with Crippen molar-refractivity contribution in [3.8, 4) is 5.75 Å². The number of phenols is 1. The zero-order chi connectivity index (χ0) is 32.7. The molecule has 0 fully saturated rings. The van der Waals surface area contributed by atoms with Gasteiger partial charge in [0.05, 0.1) is 40.4 Å². The molecule has 1 unspecified atom stereocenters. The summed E-state index contributed by atoms with van der Waals surface area (Å²) in [4.78, 5) is 0. The molecule has 0 saturated heterocycles. The van der Waals surface area contributed by atoms with Crippen molar-refractivity contribution in [3.63, 3.8) is 0 Å². The predicted molar refractivity (Wildman–Crippen MR) is 185 cm³/mol. The number of aromatic hydroxyl groups is 1. The van der Waals surface area contributed by atoms with Crippen LogP contribution in [0.25, 0.3) is 0 Å². The molecule has 8 heteroatoms. The van der Waals surface area contributed by atoms with E-state index in [0.29, 0.717) is 25.5 Å². The van der Waals surface area contributed by atoms with Gasteiger partial charge in [-0.3, -0.25) is 9.88 Å². The van der Waals surface area contributed by atoms with Gasteiger partial charge in [0.15, 0.2) is 0 Å². The van der Waals surface area contributed by atoms with E-state index in [2.05, 4.69) is 67.9 Å². The highest BCUT2D eigenvalue weighted by atomic mass is 79.9. The van der Waals surface area contributed by atoms with E-state index in [1.807, 2.05) is 26.0 Å². The van der Waals surface area contributed by atoms with E-state index in [4.69, 9.17) is 9.05 Å². The zero-order valence-electron chi connectivity index (χ0n) is 30.5. The van der Waals surface area contributed by atoms with Gasteiger partial charge in [-0.15, -0.1) is 0 Å². The fourth-order valence-electron chi connectivity index (χ4n) is 5.80. The molecule has 6 nitrogen and oxygen atoms in total. The number of hydrogen-bond donors (Lipinski definition) is 2. The van der Waals surface area contributed by atoms with E-state index >= 15 is 0 Å². The molecule has 44 heavy (non-hydrogen) atoms. The number of nitrogens with zero attached hydrogens (tertiary/aromatic N) is 1. The fraction of sp³-hybridized carbons (Fsp3) is 0.833. The van der Waals surface area contributed by atoms with Crippen LogP contribution in [0.2, 0.25) is 0 Å². The van der Waals surface area contributed by atoms with Gasteiger partial charge in [0.25, 0.3) is 0 Å². The molecular formula is C36H70BrN2O4P. The van der Waals surface area contributed by atoms with Crippen molar-refractivity contribution >= 4 is 7.60 Å². The minimum absolute atomic E-state index is 0. The standard InChI is InChI=1S/C36H69N2O4P.BrH/c1-12-15-16-17-18-19-20-21-22-23-26-38(10,11)27-24-25-37-34(43(40,41-13-2)42-14-3)30-28-31(35(4,5)6)33(39)32(29-30)36(7,8)9;/h28-29,34,37H,12-27H2,1-11H3;1H. The van der Waals surface area contributed by atoms with Crippen LogP contribution in [0.15, 0.2) is 12.1 Å². The lowest BCUT2D eigenvalue weighted by Crippen LogP contribution is -3.00. The van der Waals surface area contributed by atoms with Gasteiger partial charge < -0.3 is 35.6 Å². The second-order valence-corrected chi connectivity index (χ2v) is 17.2. The van der Waals surface area contributed by atoms with Crippen molar-refractivity contribution in [1.82, 2.24) is 5.32 Å². The van der Waals surface area contributed by atoms with Crippen molar-refractivity contribution in [1.29, 1.82) is 0 Å². The molecule has 260 valence electrons. The third-order valence-electron chi connectivity index (χ3n) is 8.39. The molecule has 0 radical (unpaired) electrons. The smallest absolute Gasteiger partial charge is 0.351 e. The highest BCUT2D eigenvalue weighted by Gasteiger charge is 2.39. The highest BCUT2D eigenvalue weighted by Crippen LogP contribution is 2.60. The Balaban J connectivity index is 0.0000185. The first-order valence-electron chi connectivity index (χ1n) is 17.3. The SMILES string of the molecule is CCCCCCCCCCCC[N+](C)(C)CCCNC(c1cc(C(C)(C)C)c(O)c(C(C)(C)C)c1)P(=O)(OCC)OCC.[Br-]. The Hall–Kier alpha value is -0.430. The summed E-state index contributed by atoms with van der Waals surface area (Å²) in [7, 11) is 1.11. The van der Waals surface area contributed by atoms with Gasteiger partial charge in [-0.25, -0.2) is 0 Å². The summed E-state index contributed by atoms with van der Waals surface area (Å²) in [5, 5.41) is 14.9. The molecule has 0 heterocycles. The summed E-state index contributed by atoms with van der Waals surface area (Å²) in [6, 6.07) is 4.00. The molecule has 2 N–H and O–H groups in total. The Morgan fingerprint density at radius 3 is 1.57 bits per heavy atom. The first kappa shape index (κ1) is 43.6. The number of benzene rings is 1. The van der Waals surface area contributed by atoms with Gasteiger partial charge in [0.1, 0.15) is 11.5 Å². The monoisotopic (exact) mass is 704 g/mol. The molecule has 0 amide bonds. The average molecular weight is 706 g/mol. The Kier molecular flexibility index (Phi) is 20.5. The lowest BCUT2D eigenvalue weighted by molar-refractivity contribution is -0.890. The van der Waals surface area contributed by atoms with Crippen molar-refractivity contribution in [2.75, 3.05) is 46.9 Å². The molecule has 0 aliphatic rings. The minimum atomic E-state index is -3.53. The molecular weight excluding hydrogens is 635 g/mol. The van der Waals surface area contributed by atoms with Crippen LogP contribution >= 0.6 is 7.60 Å². The lowest BCUT2D eigenvalue weighted by Gasteiger charge is -2.33. The van der Waals surface area contributed by atoms with Crippen LogP contribution in [0.5, 0.6) is 5.75 Å². The summed E-state index contributed by atoms with van der Waals surface area (Å²) < 4.78 is 27.0. The molecule has 0 bridgehead atoms. The second-order valence-electron chi connectivity index (χ2n) is 15.1. The maximum Gasteiger partial charge on any atom is 0.351 e. The van der Waals surface area contributed by atoms with Gasteiger partial charge in [-0.1, -0.05) is 99.8 Å². The van der Waals surface area contributed by atoms with Gasteiger partial charge in [0, 0.05) is 13.0 Å². The van der Waals surface area contributed by atoms with Gasteiger partial charge in [-0.05, 0) is 66.3 Å². The molecule has 0 spiro atoms. The van der Waals surface area contributed by atoms with E-state index in [0.717, 1.165) is 34.1 Å². The molecule has 1 aromatic carbocycles. The topological polar surface area (TPSA) is 67.8 Å². The fourth-order valence-corrected chi connectivity index (χ4v) is 7.76. The maximum atomic E-state index is 14.3. The van der Waals surface area contributed by atoms with Crippen LogP contribution in [-0.2, 0) is 24.4 Å². The van der Waals surface area contributed by atoms with Crippen molar-refractivity contribution in [2.45, 2.75) is 150 Å². The molecule has 1 rings (SSSR count).